The molecule has 1 saturated heterocycles. The summed E-state index contributed by atoms with van der Waals surface area (Å²) in [6.07, 6.45) is 6.12. The van der Waals surface area contributed by atoms with E-state index < -0.39 is 5.82 Å². The predicted octanol–water partition coefficient (Wildman–Crippen LogP) is 1.07. The summed E-state index contributed by atoms with van der Waals surface area (Å²) >= 11 is 0. The highest BCUT2D eigenvalue weighted by molar-refractivity contribution is 5.92. The van der Waals surface area contributed by atoms with Crippen LogP contribution in [0.2, 0.25) is 0 Å². The molecule has 4 heterocycles. The molecule has 4 rings (SSSR count). The van der Waals surface area contributed by atoms with Crippen molar-refractivity contribution < 1.29 is 9.18 Å². The van der Waals surface area contributed by atoms with Gasteiger partial charge in [-0.05, 0) is 12.8 Å². The molecule has 0 radical (unpaired) electrons. The molecule has 7 nitrogen and oxygen atoms in total. The molecule has 0 atom stereocenters. The molecular formula is C15H17FN6O. The van der Waals surface area contributed by atoms with E-state index in [1.165, 1.54) is 0 Å². The maximum absolute atomic E-state index is 12.9. The number of nitrogens with zero attached hydrogens (tertiary/aromatic N) is 6. The minimum Gasteiger partial charge on any atom is -0.337 e. The van der Waals surface area contributed by atoms with E-state index in [4.69, 9.17) is 0 Å². The van der Waals surface area contributed by atoms with Crippen LogP contribution >= 0.6 is 0 Å². The first kappa shape index (κ1) is 14.1. The highest BCUT2D eigenvalue weighted by Crippen LogP contribution is 2.20. The number of carbonyl (C=O) groups excluding carboxylic acids is 1. The Labute approximate surface area is 132 Å². The SMILES string of the molecule is O=C(c1cnc2n1CCN(c1ncc(F)cn1)C2)N1CCCC1. The monoisotopic (exact) mass is 316 g/mol. The molecule has 0 aromatic carbocycles. The van der Waals surface area contributed by atoms with Crippen LogP contribution in [0.3, 0.4) is 0 Å². The number of fused-ring (bicyclic) bond motifs is 1. The lowest BCUT2D eigenvalue weighted by Gasteiger charge is -2.28. The molecule has 0 spiro atoms. The molecule has 0 aliphatic carbocycles. The van der Waals surface area contributed by atoms with Gasteiger partial charge in [0, 0.05) is 26.2 Å². The molecule has 120 valence electrons. The molecule has 0 bridgehead atoms. The van der Waals surface area contributed by atoms with E-state index in [-0.39, 0.29) is 5.91 Å². The summed E-state index contributed by atoms with van der Waals surface area (Å²) in [7, 11) is 0. The maximum atomic E-state index is 12.9. The minimum atomic E-state index is -0.453. The number of likely N-dealkylation sites (tertiary alicyclic amines) is 1. The number of halogens is 1. The molecule has 8 heteroatoms. The number of hydrogen-bond acceptors (Lipinski definition) is 5. The van der Waals surface area contributed by atoms with Gasteiger partial charge < -0.3 is 14.4 Å². The average Bonchev–Trinajstić information content (AvgIpc) is 3.24. The van der Waals surface area contributed by atoms with Crippen LogP contribution in [0.4, 0.5) is 10.3 Å². The lowest BCUT2D eigenvalue weighted by Crippen LogP contribution is -2.37. The number of rotatable bonds is 2. The fourth-order valence-electron chi connectivity index (χ4n) is 3.15. The molecular weight excluding hydrogens is 299 g/mol. The van der Waals surface area contributed by atoms with Crippen LogP contribution in [0.25, 0.3) is 0 Å². The molecule has 2 aliphatic rings. The quantitative estimate of drug-likeness (QED) is 0.829. The van der Waals surface area contributed by atoms with Crippen LogP contribution in [-0.4, -0.2) is 50.0 Å². The molecule has 0 N–H and O–H groups in total. The first-order chi connectivity index (χ1) is 11.2. The number of aromatic nitrogens is 4. The van der Waals surface area contributed by atoms with E-state index >= 15 is 0 Å². The van der Waals surface area contributed by atoms with Gasteiger partial charge in [0.2, 0.25) is 5.95 Å². The van der Waals surface area contributed by atoms with Gasteiger partial charge in [-0.2, -0.15) is 0 Å². The Bertz CT molecular complexity index is 722. The van der Waals surface area contributed by atoms with E-state index in [9.17, 15) is 9.18 Å². The molecule has 23 heavy (non-hydrogen) atoms. The predicted molar refractivity (Wildman–Crippen MR) is 80.4 cm³/mol. The molecule has 0 saturated carbocycles. The van der Waals surface area contributed by atoms with Crippen LogP contribution in [-0.2, 0) is 13.1 Å². The third kappa shape index (κ3) is 2.54. The van der Waals surface area contributed by atoms with Gasteiger partial charge in [-0.15, -0.1) is 0 Å². The van der Waals surface area contributed by atoms with E-state index in [1.807, 2.05) is 14.4 Å². The molecule has 1 fully saturated rings. The number of hydrogen-bond donors (Lipinski definition) is 0. The minimum absolute atomic E-state index is 0.0627. The maximum Gasteiger partial charge on any atom is 0.272 e. The second-order valence-electron chi connectivity index (χ2n) is 5.83. The van der Waals surface area contributed by atoms with Crippen LogP contribution in [0, 0.1) is 5.82 Å². The second-order valence-corrected chi connectivity index (χ2v) is 5.83. The van der Waals surface area contributed by atoms with Crippen LogP contribution < -0.4 is 4.90 Å². The second kappa shape index (κ2) is 5.60. The summed E-state index contributed by atoms with van der Waals surface area (Å²) in [4.78, 5) is 28.8. The number of imidazole rings is 1. The number of anilines is 1. The van der Waals surface area contributed by atoms with Gasteiger partial charge in [-0.25, -0.2) is 19.3 Å². The molecule has 2 aromatic rings. The van der Waals surface area contributed by atoms with Crippen molar-refractivity contribution in [1.82, 2.24) is 24.4 Å². The normalized spacial score (nSPS) is 17.4. The fourth-order valence-corrected chi connectivity index (χ4v) is 3.15. The Hall–Kier alpha value is -2.51. The summed E-state index contributed by atoms with van der Waals surface area (Å²) in [5, 5.41) is 0. The highest BCUT2D eigenvalue weighted by Gasteiger charge is 2.27. The van der Waals surface area contributed by atoms with Crippen LogP contribution in [0.1, 0.15) is 29.2 Å². The first-order valence-corrected chi connectivity index (χ1v) is 7.78. The van der Waals surface area contributed by atoms with Crippen molar-refractivity contribution in [2.24, 2.45) is 0 Å². The van der Waals surface area contributed by atoms with Crippen molar-refractivity contribution in [3.63, 3.8) is 0 Å². The summed E-state index contributed by atoms with van der Waals surface area (Å²) in [6.45, 7) is 3.48. The molecule has 1 amide bonds. The van der Waals surface area contributed by atoms with Crippen molar-refractivity contribution in [2.45, 2.75) is 25.9 Å². The lowest BCUT2D eigenvalue weighted by atomic mass is 10.3. The van der Waals surface area contributed by atoms with Crippen molar-refractivity contribution in [2.75, 3.05) is 24.5 Å². The average molecular weight is 316 g/mol. The highest BCUT2D eigenvalue weighted by atomic mass is 19.1. The zero-order chi connectivity index (χ0) is 15.8. The Morgan fingerprint density at radius 2 is 1.74 bits per heavy atom. The Kier molecular flexibility index (Phi) is 3.44. The van der Waals surface area contributed by atoms with E-state index in [0.29, 0.717) is 31.3 Å². The van der Waals surface area contributed by atoms with Crippen molar-refractivity contribution in [3.05, 3.63) is 35.9 Å². The van der Waals surface area contributed by atoms with Crippen LogP contribution in [0.15, 0.2) is 18.6 Å². The zero-order valence-corrected chi connectivity index (χ0v) is 12.7. The number of carbonyl (C=O) groups is 1. The standard InChI is InChI=1S/C15H17FN6O/c16-11-7-18-15(19-8-11)21-5-6-22-12(9-17-13(22)10-21)14(23)20-3-1-2-4-20/h7-9H,1-6,10H2. The summed E-state index contributed by atoms with van der Waals surface area (Å²) < 4.78 is 14.9. The first-order valence-electron chi connectivity index (χ1n) is 7.78. The van der Waals surface area contributed by atoms with Crippen molar-refractivity contribution in [3.8, 4) is 0 Å². The molecule has 0 unspecified atom stereocenters. The summed E-state index contributed by atoms with van der Waals surface area (Å²) in [6, 6.07) is 0. The lowest BCUT2D eigenvalue weighted by molar-refractivity contribution is 0.0781. The zero-order valence-electron chi connectivity index (χ0n) is 12.7. The number of amides is 1. The summed E-state index contributed by atoms with van der Waals surface area (Å²) in [5.41, 5.74) is 0.654. The van der Waals surface area contributed by atoms with E-state index in [1.54, 1.807) is 6.20 Å². The van der Waals surface area contributed by atoms with Gasteiger partial charge in [-0.1, -0.05) is 0 Å². The smallest absolute Gasteiger partial charge is 0.272 e. The van der Waals surface area contributed by atoms with Crippen LogP contribution in [0.5, 0.6) is 0 Å². The van der Waals surface area contributed by atoms with Gasteiger partial charge in [0.15, 0.2) is 5.82 Å². The Morgan fingerprint density at radius 1 is 1.00 bits per heavy atom. The van der Waals surface area contributed by atoms with Gasteiger partial charge in [0.05, 0.1) is 25.1 Å². The largest absolute Gasteiger partial charge is 0.337 e. The van der Waals surface area contributed by atoms with Gasteiger partial charge in [-0.3, -0.25) is 4.79 Å². The Balaban J connectivity index is 1.55. The molecule has 2 aliphatic heterocycles. The Morgan fingerprint density at radius 3 is 2.48 bits per heavy atom. The van der Waals surface area contributed by atoms with Crippen molar-refractivity contribution in [1.29, 1.82) is 0 Å². The van der Waals surface area contributed by atoms with E-state index in [0.717, 1.165) is 44.1 Å². The van der Waals surface area contributed by atoms with Gasteiger partial charge >= 0.3 is 0 Å². The van der Waals surface area contributed by atoms with Crippen molar-refractivity contribution >= 4 is 11.9 Å². The van der Waals surface area contributed by atoms with E-state index in [2.05, 4.69) is 15.0 Å². The third-order valence-corrected chi connectivity index (χ3v) is 4.37. The van der Waals surface area contributed by atoms with Gasteiger partial charge in [0.1, 0.15) is 11.5 Å². The molecule has 2 aromatic heterocycles. The van der Waals surface area contributed by atoms with Gasteiger partial charge in [0.25, 0.3) is 5.91 Å². The topological polar surface area (TPSA) is 67.2 Å². The fraction of sp³-hybridized carbons (Fsp3) is 0.467. The third-order valence-electron chi connectivity index (χ3n) is 4.37. The summed E-state index contributed by atoms with van der Waals surface area (Å²) in [5.74, 6) is 0.901.